The van der Waals surface area contributed by atoms with E-state index >= 15 is 4.79 Å². The Labute approximate surface area is 472 Å². The van der Waals surface area contributed by atoms with E-state index in [1.54, 1.807) is 6.07 Å². The summed E-state index contributed by atoms with van der Waals surface area (Å²) in [6.07, 6.45) is 7.51. The van der Waals surface area contributed by atoms with Crippen LogP contribution >= 0.6 is 23.2 Å². The molecule has 4 N–H and O–H groups in total. The molecule has 17 nitrogen and oxygen atoms in total. The van der Waals surface area contributed by atoms with Crippen LogP contribution in [0, 0.1) is 11.3 Å². The fourth-order valence-electron chi connectivity index (χ4n) is 15.3. The maximum absolute atomic E-state index is 15.3. The molecule has 79 heavy (non-hydrogen) atoms. The van der Waals surface area contributed by atoms with E-state index in [-0.39, 0.29) is 18.8 Å². The third-order valence-electron chi connectivity index (χ3n) is 18.4. The summed E-state index contributed by atoms with van der Waals surface area (Å²) >= 11 is 11.5. The SMILES string of the molecule is CC[C@]1(O)C[C@H]2C[N@](CCc3c([nH]c4ccccc34)[C@@](C(=O)OC)(c3cc4c(cc3OC)N(C=O)[C@H]3[C@@](O)(C(=O)OC)[C@H](OC(C)=O)[C@]5(CC)C=CCN6CC[C@]43[C@@H]65)C2)C1.O=C(O)CCCc1ccc(N(CCCl)CCCl)cc1. The first-order valence-corrected chi connectivity index (χ1v) is 28.7. The summed E-state index contributed by atoms with van der Waals surface area (Å²) in [6, 6.07) is 18.1. The summed E-state index contributed by atoms with van der Waals surface area (Å²) in [6.45, 7) is 9.70. The first-order valence-electron chi connectivity index (χ1n) is 27.6. The number of benzene rings is 3. The van der Waals surface area contributed by atoms with Crippen LogP contribution in [0.15, 0.2) is 72.8 Å². The molecule has 5 aliphatic heterocycles. The minimum atomic E-state index is -2.53. The minimum absolute atomic E-state index is 0.155. The van der Waals surface area contributed by atoms with Crippen molar-refractivity contribution in [3.05, 3.63) is 101 Å². The van der Waals surface area contributed by atoms with Crippen LogP contribution in [-0.4, -0.2) is 169 Å². The normalized spacial score (nSPS) is 30.2. The van der Waals surface area contributed by atoms with Crippen molar-refractivity contribution in [2.45, 2.75) is 119 Å². The lowest BCUT2D eigenvalue weighted by atomic mass is 9.47. The van der Waals surface area contributed by atoms with Crippen LogP contribution in [0.25, 0.3) is 10.9 Å². The fourth-order valence-corrected chi connectivity index (χ4v) is 15.7. The van der Waals surface area contributed by atoms with Gasteiger partial charge in [-0.25, -0.2) is 4.79 Å². The average Bonchev–Trinajstić information content (AvgIpc) is 2.01. The Morgan fingerprint density at radius 1 is 0.899 bits per heavy atom. The van der Waals surface area contributed by atoms with Gasteiger partial charge in [-0.3, -0.25) is 29.0 Å². The molecule has 1 aliphatic carbocycles. The molecule has 6 heterocycles. The molecule has 10 rings (SSSR count). The Balaban J connectivity index is 0.000000339. The number of piperidine rings is 1. The van der Waals surface area contributed by atoms with Crippen LogP contribution in [0.1, 0.15) is 93.7 Å². The number of carbonyl (C=O) groups excluding carboxylic acids is 4. The molecule has 0 unspecified atom stereocenters. The number of aliphatic hydroxyl groups is 2. The number of para-hydroxylation sites is 1. The number of aliphatic carboxylic acids is 1. The average molecular weight is 1130 g/mol. The van der Waals surface area contributed by atoms with Crippen molar-refractivity contribution in [2.24, 2.45) is 11.3 Å². The number of esters is 3. The number of aromatic nitrogens is 1. The van der Waals surface area contributed by atoms with Crippen molar-refractivity contribution in [3.8, 4) is 5.75 Å². The molecular formula is C60H75Cl2N5O12. The number of amides is 1. The van der Waals surface area contributed by atoms with Crippen LogP contribution in [0.3, 0.4) is 0 Å². The molecule has 1 saturated carbocycles. The van der Waals surface area contributed by atoms with E-state index in [4.69, 9.17) is 47.3 Å². The third-order valence-corrected chi connectivity index (χ3v) is 18.7. The summed E-state index contributed by atoms with van der Waals surface area (Å²) in [5.74, 6) is -1.68. The fraction of sp³-hybridized carbons (Fsp3) is 0.550. The molecule has 6 aliphatic rings. The number of nitrogens with one attached hydrogen (secondary N) is 1. The van der Waals surface area contributed by atoms with Crippen LogP contribution in [0.5, 0.6) is 5.75 Å². The van der Waals surface area contributed by atoms with Crippen molar-refractivity contribution in [2.75, 3.05) is 88.7 Å². The Bertz CT molecular complexity index is 2970. The van der Waals surface area contributed by atoms with Gasteiger partial charge in [0.05, 0.1) is 38.7 Å². The zero-order valence-corrected chi connectivity index (χ0v) is 47.6. The predicted octanol–water partition coefficient (Wildman–Crippen LogP) is 6.90. The second kappa shape index (κ2) is 23.0. The van der Waals surface area contributed by atoms with Gasteiger partial charge in [0.15, 0.2) is 6.10 Å². The zero-order chi connectivity index (χ0) is 56.7. The van der Waals surface area contributed by atoms with Crippen LogP contribution in [0.2, 0.25) is 0 Å². The van der Waals surface area contributed by atoms with Gasteiger partial charge >= 0.3 is 23.9 Å². The van der Waals surface area contributed by atoms with Crippen LogP contribution < -0.4 is 14.5 Å². The van der Waals surface area contributed by atoms with Crippen molar-refractivity contribution >= 4 is 75.8 Å². The number of carbonyl (C=O) groups is 5. The van der Waals surface area contributed by atoms with Gasteiger partial charge < -0.3 is 49.1 Å². The molecule has 1 aromatic heterocycles. The highest BCUT2D eigenvalue weighted by atomic mass is 35.5. The molecule has 3 fully saturated rings. The molecule has 2 bridgehead atoms. The number of ether oxygens (including phenoxy) is 4. The van der Waals surface area contributed by atoms with Gasteiger partial charge in [0.1, 0.15) is 11.2 Å². The van der Waals surface area contributed by atoms with Gasteiger partial charge in [-0.1, -0.05) is 56.3 Å². The Morgan fingerprint density at radius 3 is 2.25 bits per heavy atom. The number of methoxy groups -OCH3 is 3. The summed E-state index contributed by atoms with van der Waals surface area (Å²) in [5, 5.41) is 34.8. The number of carboxylic acid groups (broad SMARTS) is 1. The maximum Gasteiger partial charge on any atom is 0.344 e. The molecule has 1 spiro atoms. The molecule has 3 aromatic carbocycles. The van der Waals surface area contributed by atoms with Crippen molar-refractivity contribution in [1.29, 1.82) is 0 Å². The van der Waals surface area contributed by atoms with Gasteiger partial charge in [-0.2, -0.15) is 0 Å². The summed E-state index contributed by atoms with van der Waals surface area (Å²) < 4.78 is 23.7. The molecular weight excluding hydrogens is 1050 g/mol. The number of hydrogen-bond acceptors (Lipinski definition) is 14. The molecule has 426 valence electrons. The lowest BCUT2D eigenvalue weighted by molar-refractivity contribution is -0.228. The third kappa shape index (κ3) is 9.67. The molecule has 2 saturated heterocycles. The Kier molecular flexibility index (Phi) is 16.9. The molecule has 4 aromatic rings. The summed E-state index contributed by atoms with van der Waals surface area (Å²) in [5.41, 5.74) is -0.896. The number of aryl methyl sites for hydroxylation is 1. The predicted molar refractivity (Wildman–Crippen MR) is 301 cm³/mol. The van der Waals surface area contributed by atoms with Crippen LogP contribution in [-0.2, 0) is 61.9 Å². The second-order valence-electron chi connectivity index (χ2n) is 22.4. The van der Waals surface area contributed by atoms with Gasteiger partial charge in [0.25, 0.3) is 0 Å². The van der Waals surface area contributed by atoms with E-state index in [9.17, 15) is 29.4 Å². The van der Waals surface area contributed by atoms with E-state index in [2.05, 4.69) is 25.8 Å². The lowest BCUT2D eigenvalue weighted by Gasteiger charge is -2.63. The number of anilines is 2. The number of alkyl halides is 2. The van der Waals surface area contributed by atoms with E-state index in [0.717, 1.165) is 47.2 Å². The monoisotopic (exact) mass is 1130 g/mol. The van der Waals surface area contributed by atoms with Gasteiger partial charge in [0, 0.05) is 115 Å². The first kappa shape index (κ1) is 58.0. The number of fused-ring (bicyclic) bond motifs is 6. The highest BCUT2D eigenvalue weighted by Crippen LogP contribution is 2.68. The van der Waals surface area contributed by atoms with E-state index in [1.807, 2.05) is 74.5 Å². The van der Waals surface area contributed by atoms with E-state index in [1.165, 1.54) is 33.2 Å². The lowest BCUT2D eigenvalue weighted by Crippen LogP contribution is -2.81. The largest absolute Gasteiger partial charge is 0.496 e. The number of carboxylic acids is 1. The maximum atomic E-state index is 15.3. The van der Waals surface area contributed by atoms with E-state index in [0.29, 0.717) is 118 Å². The summed E-state index contributed by atoms with van der Waals surface area (Å²) in [4.78, 5) is 78.7. The van der Waals surface area contributed by atoms with Crippen molar-refractivity contribution in [1.82, 2.24) is 14.8 Å². The van der Waals surface area contributed by atoms with Crippen LogP contribution in [0.4, 0.5) is 11.4 Å². The second-order valence-corrected chi connectivity index (χ2v) is 23.1. The zero-order valence-electron chi connectivity index (χ0n) is 46.1. The van der Waals surface area contributed by atoms with E-state index < -0.39 is 69.5 Å². The number of hydrogen-bond donors (Lipinski definition) is 4. The Hall–Kier alpha value is -5.69. The van der Waals surface area contributed by atoms with Gasteiger partial charge in [0.2, 0.25) is 12.0 Å². The number of nitrogens with zero attached hydrogens (tertiary/aromatic N) is 4. The number of rotatable bonds is 17. The molecule has 19 heteroatoms. The molecule has 0 radical (unpaired) electrons. The number of aromatic amines is 1. The van der Waals surface area contributed by atoms with Gasteiger partial charge in [-0.15, -0.1) is 23.2 Å². The number of halogens is 2. The van der Waals surface area contributed by atoms with Gasteiger partial charge in [-0.05, 0) is 105 Å². The number of H-pyrrole nitrogens is 1. The summed E-state index contributed by atoms with van der Waals surface area (Å²) in [7, 11) is 4.09. The molecule has 10 atom stereocenters. The van der Waals surface area contributed by atoms with Crippen molar-refractivity contribution < 1.29 is 58.2 Å². The quantitative estimate of drug-likeness (QED) is 0.0279. The topological polar surface area (TPSA) is 212 Å². The molecule has 1 amide bonds. The Morgan fingerprint density at radius 2 is 1.62 bits per heavy atom. The van der Waals surface area contributed by atoms with Crippen molar-refractivity contribution in [3.63, 3.8) is 0 Å². The first-order chi connectivity index (χ1) is 37.9. The smallest absolute Gasteiger partial charge is 0.344 e. The minimum Gasteiger partial charge on any atom is -0.496 e. The standard InChI is InChI=1S/C46H56N4O10.C14H19Cl2NO2/c1-7-42(55)22-28-23-45(40(53)58-5,36-30(14-18-48(24-28)25-42)29-12-9-10-13-33(29)47-36)32-20-31-34(21-35(32)57-4)50(26-51)38-44(31)16-19-49-17-11-15-43(8-2,37(44)49)39(60-27(3)52)46(38,56)41(54)59-6;15-8-10-17(11-9-16)13-6-4-12(5-7-13)2-1-3-14(18)19/h9-13,15,20-21,26,28,37-39,47,55-56H,7-8,14,16-19,22-25H2,1-6H3;4-7H,1-3,8-11H2,(H,18,19)/t28-,37+,38-,39-,42+,43-,44-,45+,46+;/m1./s1. The highest BCUT2D eigenvalue weighted by Gasteiger charge is 2.81. The highest BCUT2D eigenvalue weighted by molar-refractivity contribution is 6.18.